The van der Waals surface area contributed by atoms with Crippen LogP contribution in [0.15, 0.2) is 24.3 Å². The van der Waals surface area contributed by atoms with Gasteiger partial charge in [-0.3, -0.25) is 4.79 Å². The van der Waals surface area contributed by atoms with Crippen LogP contribution in [-0.4, -0.2) is 36.9 Å². The molecule has 0 unspecified atom stereocenters. The van der Waals surface area contributed by atoms with Crippen molar-refractivity contribution >= 4 is 5.91 Å². The van der Waals surface area contributed by atoms with Crippen LogP contribution in [0, 0.1) is 11.8 Å². The summed E-state index contributed by atoms with van der Waals surface area (Å²) in [7, 11) is 0. The van der Waals surface area contributed by atoms with Crippen LogP contribution in [0.25, 0.3) is 0 Å². The fourth-order valence-corrected chi connectivity index (χ4v) is 2.47. The predicted molar refractivity (Wildman–Crippen MR) is 80.9 cm³/mol. The van der Waals surface area contributed by atoms with Crippen molar-refractivity contribution in [2.24, 2.45) is 0 Å². The van der Waals surface area contributed by atoms with Gasteiger partial charge in [-0.25, -0.2) is 0 Å². The molecule has 0 radical (unpaired) electrons. The summed E-state index contributed by atoms with van der Waals surface area (Å²) < 4.78 is 5.71. The summed E-state index contributed by atoms with van der Waals surface area (Å²) in [4.78, 5) is 12.1. The molecule has 1 aromatic carbocycles. The standard InChI is InChI=1S/C17H21NO3/c19-12-5-7-14-6-1-4-10-16(14)17(20)18-11-13-21-15-8-2-3-9-15/h1,4,6,10,15,19H,2-3,8-9,11-13H2,(H,18,20). The summed E-state index contributed by atoms with van der Waals surface area (Å²) in [6, 6.07) is 7.12. The summed E-state index contributed by atoms with van der Waals surface area (Å²) in [6.07, 6.45) is 5.12. The third-order valence-corrected chi connectivity index (χ3v) is 3.52. The van der Waals surface area contributed by atoms with Gasteiger partial charge in [0, 0.05) is 12.1 Å². The lowest BCUT2D eigenvalue weighted by Crippen LogP contribution is -2.29. The molecular weight excluding hydrogens is 266 g/mol. The van der Waals surface area contributed by atoms with E-state index in [1.807, 2.05) is 6.07 Å². The van der Waals surface area contributed by atoms with Gasteiger partial charge in [-0.2, -0.15) is 0 Å². The molecule has 0 aromatic heterocycles. The molecule has 112 valence electrons. The molecule has 1 amide bonds. The average molecular weight is 287 g/mol. The Kier molecular flexibility index (Phi) is 6.26. The number of nitrogens with one attached hydrogen (secondary N) is 1. The first-order valence-corrected chi connectivity index (χ1v) is 7.40. The number of benzene rings is 1. The van der Waals surface area contributed by atoms with E-state index in [2.05, 4.69) is 17.2 Å². The zero-order chi connectivity index (χ0) is 14.9. The van der Waals surface area contributed by atoms with Crippen LogP contribution in [0.1, 0.15) is 41.6 Å². The van der Waals surface area contributed by atoms with E-state index in [9.17, 15) is 4.79 Å². The maximum Gasteiger partial charge on any atom is 0.252 e. The SMILES string of the molecule is O=C(NCCOC1CCCC1)c1ccccc1C#CCO. The lowest BCUT2D eigenvalue weighted by atomic mass is 10.1. The predicted octanol–water partition coefficient (Wildman–Crippen LogP) is 1.72. The first kappa shape index (κ1) is 15.6. The zero-order valence-corrected chi connectivity index (χ0v) is 12.1. The Morgan fingerprint density at radius 3 is 2.86 bits per heavy atom. The second-order valence-electron chi connectivity index (χ2n) is 5.04. The minimum atomic E-state index is -0.217. The first-order valence-electron chi connectivity index (χ1n) is 7.40. The molecule has 2 rings (SSSR count). The molecule has 1 aliphatic rings. The van der Waals surface area contributed by atoms with Crippen molar-refractivity contribution in [3.05, 3.63) is 35.4 Å². The van der Waals surface area contributed by atoms with Gasteiger partial charge in [-0.15, -0.1) is 0 Å². The van der Waals surface area contributed by atoms with Crippen molar-refractivity contribution in [1.82, 2.24) is 5.32 Å². The molecule has 4 nitrogen and oxygen atoms in total. The second kappa shape index (κ2) is 8.46. The summed E-state index contributed by atoms with van der Waals surface area (Å²) in [5.74, 6) is 5.19. The minimum absolute atomic E-state index is 0.159. The minimum Gasteiger partial charge on any atom is -0.384 e. The largest absolute Gasteiger partial charge is 0.384 e. The van der Waals surface area contributed by atoms with E-state index < -0.39 is 0 Å². The van der Waals surface area contributed by atoms with Gasteiger partial charge in [-0.05, 0) is 25.0 Å². The Hall–Kier alpha value is -1.83. The quantitative estimate of drug-likeness (QED) is 0.640. The Morgan fingerprint density at radius 2 is 2.10 bits per heavy atom. The molecule has 1 fully saturated rings. The number of ether oxygens (including phenoxy) is 1. The normalized spacial score (nSPS) is 14.5. The molecule has 0 heterocycles. The molecule has 0 atom stereocenters. The summed E-state index contributed by atoms with van der Waals surface area (Å²) in [5, 5.41) is 11.6. The average Bonchev–Trinajstić information content (AvgIpc) is 3.03. The number of amides is 1. The van der Waals surface area contributed by atoms with Gasteiger partial charge in [0.15, 0.2) is 0 Å². The zero-order valence-electron chi connectivity index (χ0n) is 12.1. The van der Waals surface area contributed by atoms with E-state index in [0.717, 1.165) is 12.8 Å². The van der Waals surface area contributed by atoms with E-state index >= 15 is 0 Å². The highest BCUT2D eigenvalue weighted by Gasteiger charge is 2.15. The maximum atomic E-state index is 12.1. The van der Waals surface area contributed by atoms with E-state index in [1.165, 1.54) is 12.8 Å². The number of carbonyl (C=O) groups is 1. The van der Waals surface area contributed by atoms with Crippen molar-refractivity contribution in [3.63, 3.8) is 0 Å². The van der Waals surface area contributed by atoms with Gasteiger partial charge < -0.3 is 15.2 Å². The van der Waals surface area contributed by atoms with E-state index in [0.29, 0.717) is 30.4 Å². The van der Waals surface area contributed by atoms with Crippen LogP contribution in [0.2, 0.25) is 0 Å². The molecule has 21 heavy (non-hydrogen) atoms. The molecule has 4 heteroatoms. The molecule has 0 spiro atoms. The molecular formula is C17H21NO3. The number of carbonyl (C=O) groups excluding carboxylic acids is 1. The number of aliphatic hydroxyl groups is 1. The van der Waals surface area contributed by atoms with Crippen LogP contribution in [0.4, 0.5) is 0 Å². The number of rotatable bonds is 5. The Morgan fingerprint density at radius 1 is 1.33 bits per heavy atom. The maximum absolute atomic E-state index is 12.1. The number of aliphatic hydroxyl groups excluding tert-OH is 1. The van der Waals surface area contributed by atoms with Crippen LogP contribution in [0.5, 0.6) is 0 Å². The molecule has 1 aromatic rings. The van der Waals surface area contributed by atoms with Gasteiger partial charge in [0.2, 0.25) is 0 Å². The van der Waals surface area contributed by atoms with E-state index in [1.54, 1.807) is 18.2 Å². The van der Waals surface area contributed by atoms with Crippen molar-refractivity contribution in [3.8, 4) is 11.8 Å². The highest BCUT2D eigenvalue weighted by molar-refractivity contribution is 5.96. The smallest absolute Gasteiger partial charge is 0.252 e. The van der Waals surface area contributed by atoms with Crippen LogP contribution in [-0.2, 0) is 4.74 Å². The lowest BCUT2D eigenvalue weighted by Gasteiger charge is -2.12. The molecule has 0 saturated heterocycles. The van der Waals surface area contributed by atoms with Crippen LogP contribution in [0.3, 0.4) is 0 Å². The Bertz CT molecular complexity index is 524. The molecule has 0 aliphatic heterocycles. The third kappa shape index (κ3) is 4.89. The van der Waals surface area contributed by atoms with Gasteiger partial charge in [0.25, 0.3) is 5.91 Å². The number of hydrogen-bond donors (Lipinski definition) is 2. The van der Waals surface area contributed by atoms with Crippen LogP contribution < -0.4 is 5.32 Å². The van der Waals surface area contributed by atoms with Crippen LogP contribution >= 0.6 is 0 Å². The lowest BCUT2D eigenvalue weighted by molar-refractivity contribution is 0.0582. The van der Waals surface area contributed by atoms with Crippen molar-refractivity contribution in [2.75, 3.05) is 19.8 Å². The summed E-state index contributed by atoms with van der Waals surface area (Å²) >= 11 is 0. The van der Waals surface area contributed by atoms with Crippen molar-refractivity contribution in [1.29, 1.82) is 0 Å². The van der Waals surface area contributed by atoms with Crippen molar-refractivity contribution < 1.29 is 14.6 Å². The van der Waals surface area contributed by atoms with E-state index in [4.69, 9.17) is 9.84 Å². The molecule has 0 bridgehead atoms. The molecule has 1 aliphatic carbocycles. The third-order valence-electron chi connectivity index (χ3n) is 3.52. The fourth-order valence-electron chi connectivity index (χ4n) is 2.47. The molecule has 2 N–H and O–H groups in total. The van der Waals surface area contributed by atoms with Crippen molar-refractivity contribution in [2.45, 2.75) is 31.8 Å². The topological polar surface area (TPSA) is 58.6 Å². The van der Waals surface area contributed by atoms with Gasteiger partial charge in [-0.1, -0.05) is 36.8 Å². The summed E-state index contributed by atoms with van der Waals surface area (Å²) in [5.41, 5.74) is 1.15. The van der Waals surface area contributed by atoms with Gasteiger partial charge in [0.1, 0.15) is 6.61 Å². The second-order valence-corrected chi connectivity index (χ2v) is 5.04. The highest BCUT2D eigenvalue weighted by Crippen LogP contribution is 2.20. The van der Waals surface area contributed by atoms with Gasteiger partial charge in [0.05, 0.1) is 18.3 Å². The van der Waals surface area contributed by atoms with E-state index in [-0.39, 0.29) is 12.5 Å². The fraction of sp³-hybridized carbons (Fsp3) is 0.471. The monoisotopic (exact) mass is 287 g/mol. The summed E-state index contributed by atoms with van der Waals surface area (Å²) in [6.45, 7) is 0.823. The Balaban J connectivity index is 1.82. The highest BCUT2D eigenvalue weighted by atomic mass is 16.5. The Labute approximate surface area is 125 Å². The van der Waals surface area contributed by atoms with Gasteiger partial charge >= 0.3 is 0 Å². The number of hydrogen-bond acceptors (Lipinski definition) is 3. The molecule has 1 saturated carbocycles. The first-order chi connectivity index (χ1) is 10.3.